The van der Waals surface area contributed by atoms with E-state index in [4.69, 9.17) is 9.84 Å². The zero-order valence-electron chi connectivity index (χ0n) is 11.0. The second-order valence-corrected chi connectivity index (χ2v) is 4.27. The van der Waals surface area contributed by atoms with Gasteiger partial charge in [-0.3, -0.25) is 4.79 Å². The topological polar surface area (TPSA) is 58.6 Å². The van der Waals surface area contributed by atoms with Gasteiger partial charge in [0.25, 0.3) is 0 Å². The Balaban J connectivity index is 2.27. The number of hydrogen-bond acceptors (Lipinski definition) is 3. The van der Waals surface area contributed by atoms with Crippen LogP contribution in [-0.4, -0.2) is 30.3 Å². The number of ether oxygens (including phenoxy) is 1. The van der Waals surface area contributed by atoms with Crippen LogP contribution in [0.3, 0.4) is 0 Å². The van der Waals surface area contributed by atoms with Crippen molar-refractivity contribution >= 4 is 5.91 Å². The highest BCUT2D eigenvalue weighted by atomic mass is 16.5. The molecule has 18 heavy (non-hydrogen) atoms. The van der Waals surface area contributed by atoms with Crippen molar-refractivity contribution in [1.29, 1.82) is 0 Å². The largest absolute Gasteiger partial charge is 0.493 e. The first-order valence-corrected chi connectivity index (χ1v) is 6.25. The molecule has 0 heterocycles. The van der Waals surface area contributed by atoms with E-state index in [0.717, 1.165) is 17.7 Å². The second-order valence-electron chi connectivity index (χ2n) is 4.27. The lowest BCUT2D eigenvalue weighted by atomic mass is 10.2. The van der Waals surface area contributed by atoms with Crippen molar-refractivity contribution in [3.8, 4) is 5.75 Å². The summed E-state index contributed by atoms with van der Waals surface area (Å²) in [6, 6.07) is 7.56. The summed E-state index contributed by atoms with van der Waals surface area (Å²) >= 11 is 0. The molecule has 0 aliphatic carbocycles. The van der Waals surface area contributed by atoms with Crippen LogP contribution in [0.15, 0.2) is 24.3 Å². The van der Waals surface area contributed by atoms with Crippen LogP contribution in [0.4, 0.5) is 0 Å². The standard InChI is InChI=1S/C14H21NO3/c1-3-12(10-16)15-14(17)7-8-18-13-6-4-5-11(2)9-13/h4-6,9,12,16H,3,7-8,10H2,1-2H3,(H,15,17)/t12-/m0/s1. The van der Waals surface area contributed by atoms with Gasteiger partial charge >= 0.3 is 0 Å². The van der Waals surface area contributed by atoms with Gasteiger partial charge in [0.2, 0.25) is 5.91 Å². The normalized spacial score (nSPS) is 11.9. The van der Waals surface area contributed by atoms with E-state index < -0.39 is 0 Å². The first-order chi connectivity index (χ1) is 8.65. The summed E-state index contributed by atoms with van der Waals surface area (Å²) in [5, 5.41) is 11.7. The van der Waals surface area contributed by atoms with E-state index in [2.05, 4.69) is 5.32 Å². The van der Waals surface area contributed by atoms with Gasteiger partial charge in [0.1, 0.15) is 5.75 Å². The summed E-state index contributed by atoms with van der Waals surface area (Å²) in [7, 11) is 0. The Morgan fingerprint density at radius 2 is 2.28 bits per heavy atom. The molecule has 0 spiro atoms. The Bertz CT molecular complexity index is 375. The summed E-state index contributed by atoms with van der Waals surface area (Å²) in [6.45, 7) is 4.23. The Labute approximate surface area is 108 Å². The number of aryl methyl sites for hydroxylation is 1. The van der Waals surface area contributed by atoms with Crippen LogP contribution in [0.25, 0.3) is 0 Å². The molecular weight excluding hydrogens is 230 g/mol. The Morgan fingerprint density at radius 3 is 2.89 bits per heavy atom. The Kier molecular flexibility index (Phi) is 6.22. The molecule has 1 aromatic carbocycles. The Morgan fingerprint density at radius 1 is 1.50 bits per heavy atom. The number of carbonyl (C=O) groups excluding carboxylic acids is 1. The predicted molar refractivity (Wildman–Crippen MR) is 70.6 cm³/mol. The third-order valence-electron chi connectivity index (χ3n) is 2.67. The maximum absolute atomic E-state index is 11.5. The SMILES string of the molecule is CC[C@@H](CO)NC(=O)CCOc1cccc(C)c1. The van der Waals surface area contributed by atoms with E-state index >= 15 is 0 Å². The van der Waals surface area contributed by atoms with Crippen LogP contribution in [0.2, 0.25) is 0 Å². The molecule has 0 radical (unpaired) electrons. The van der Waals surface area contributed by atoms with Gasteiger partial charge in [-0.25, -0.2) is 0 Å². The molecule has 1 amide bonds. The zero-order valence-corrected chi connectivity index (χ0v) is 11.0. The highest BCUT2D eigenvalue weighted by molar-refractivity contribution is 5.76. The van der Waals surface area contributed by atoms with Crippen molar-refractivity contribution < 1.29 is 14.6 Å². The number of benzene rings is 1. The average Bonchev–Trinajstić information content (AvgIpc) is 2.36. The third kappa shape index (κ3) is 5.19. The van der Waals surface area contributed by atoms with Crippen LogP contribution in [0, 0.1) is 6.92 Å². The third-order valence-corrected chi connectivity index (χ3v) is 2.67. The molecule has 0 saturated heterocycles. The molecule has 4 nitrogen and oxygen atoms in total. The molecule has 2 N–H and O–H groups in total. The summed E-state index contributed by atoms with van der Waals surface area (Å²) in [4.78, 5) is 11.5. The number of nitrogens with one attached hydrogen (secondary N) is 1. The summed E-state index contributed by atoms with van der Waals surface area (Å²) in [6.07, 6.45) is 1.02. The predicted octanol–water partition coefficient (Wildman–Crippen LogP) is 1.65. The maximum atomic E-state index is 11.5. The van der Waals surface area contributed by atoms with Crippen molar-refractivity contribution in [1.82, 2.24) is 5.32 Å². The van der Waals surface area contributed by atoms with Gasteiger partial charge in [0.15, 0.2) is 0 Å². The van der Waals surface area contributed by atoms with E-state index in [1.807, 2.05) is 38.1 Å². The Hall–Kier alpha value is -1.55. The van der Waals surface area contributed by atoms with Gasteiger partial charge in [-0.05, 0) is 31.0 Å². The van der Waals surface area contributed by atoms with E-state index in [-0.39, 0.29) is 18.6 Å². The lowest BCUT2D eigenvalue weighted by molar-refractivity contribution is -0.122. The minimum absolute atomic E-state index is 0.0268. The molecule has 0 saturated carbocycles. The fourth-order valence-electron chi connectivity index (χ4n) is 1.54. The van der Waals surface area contributed by atoms with Crippen LogP contribution in [-0.2, 0) is 4.79 Å². The average molecular weight is 251 g/mol. The van der Waals surface area contributed by atoms with Crippen LogP contribution in [0.5, 0.6) is 5.75 Å². The molecule has 1 atom stereocenters. The van der Waals surface area contributed by atoms with Crippen LogP contribution < -0.4 is 10.1 Å². The summed E-state index contributed by atoms with van der Waals surface area (Å²) in [5.41, 5.74) is 1.13. The number of aliphatic hydroxyl groups excluding tert-OH is 1. The van der Waals surface area contributed by atoms with Gasteiger partial charge in [-0.2, -0.15) is 0 Å². The lowest BCUT2D eigenvalue weighted by Gasteiger charge is -2.14. The molecule has 1 rings (SSSR count). The summed E-state index contributed by atoms with van der Waals surface area (Å²) < 4.78 is 5.48. The van der Waals surface area contributed by atoms with Crippen molar-refractivity contribution in [3.63, 3.8) is 0 Å². The lowest BCUT2D eigenvalue weighted by Crippen LogP contribution is -2.37. The minimum atomic E-state index is -0.156. The highest BCUT2D eigenvalue weighted by Crippen LogP contribution is 2.12. The molecule has 100 valence electrons. The highest BCUT2D eigenvalue weighted by Gasteiger charge is 2.08. The summed E-state index contributed by atoms with van der Waals surface area (Å²) in [5.74, 6) is 0.681. The van der Waals surface area contributed by atoms with Crippen molar-refractivity contribution in [2.24, 2.45) is 0 Å². The molecule has 0 aliphatic heterocycles. The van der Waals surface area contributed by atoms with Gasteiger partial charge in [-0.1, -0.05) is 19.1 Å². The monoisotopic (exact) mass is 251 g/mol. The number of amides is 1. The number of aliphatic hydroxyl groups is 1. The molecule has 4 heteroatoms. The molecule has 0 bridgehead atoms. The maximum Gasteiger partial charge on any atom is 0.223 e. The fourth-order valence-corrected chi connectivity index (χ4v) is 1.54. The van der Waals surface area contributed by atoms with E-state index in [1.165, 1.54) is 0 Å². The molecule has 0 fully saturated rings. The minimum Gasteiger partial charge on any atom is -0.493 e. The van der Waals surface area contributed by atoms with Crippen molar-refractivity contribution in [2.45, 2.75) is 32.7 Å². The number of carbonyl (C=O) groups is 1. The quantitative estimate of drug-likeness (QED) is 0.774. The van der Waals surface area contributed by atoms with Gasteiger partial charge in [0.05, 0.1) is 25.7 Å². The van der Waals surface area contributed by atoms with Gasteiger partial charge in [-0.15, -0.1) is 0 Å². The molecular formula is C14H21NO3. The van der Waals surface area contributed by atoms with E-state index in [9.17, 15) is 4.79 Å². The van der Waals surface area contributed by atoms with Crippen LogP contribution in [0.1, 0.15) is 25.3 Å². The molecule has 0 aliphatic rings. The van der Waals surface area contributed by atoms with Crippen molar-refractivity contribution in [2.75, 3.05) is 13.2 Å². The molecule has 0 aromatic heterocycles. The van der Waals surface area contributed by atoms with Crippen LogP contribution >= 0.6 is 0 Å². The molecule has 0 unspecified atom stereocenters. The fraction of sp³-hybridized carbons (Fsp3) is 0.500. The van der Waals surface area contributed by atoms with Gasteiger partial charge in [0, 0.05) is 0 Å². The smallest absolute Gasteiger partial charge is 0.223 e. The van der Waals surface area contributed by atoms with Gasteiger partial charge < -0.3 is 15.2 Å². The van der Waals surface area contributed by atoms with E-state index in [1.54, 1.807) is 0 Å². The zero-order chi connectivity index (χ0) is 13.4. The van der Waals surface area contributed by atoms with E-state index in [0.29, 0.717) is 13.0 Å². The first-order valence-electron chi connectivity index (χ1n) is 6.25. The number of hydrogen-bond donors (Lipinski definition) is 2. The number of rotatable bonds is 7. The first kappa shape index (κ1) is 14.5. The molecule has 1 aromatic rings. The second kappa shape index (κ2) is 7.71. The van der Waals surface area contributed by atoms with Crippen molar-refractivity contribution in [3.05, 3.63) is 29.8 Å².